The zero-order chi connectivity index (χ0) is 8.27. The highest BCUT2D eigenvalue weighted by atomic mass is 35.5. The molecule has 0 aromatic carbocycles. The third-order valence-corrected chi connectivity index (χ3v) is 1.47. The molecule has 3 nitrogen and oxygen atoms in total. The number of nitrogens with zero attached hydrogens (tertiary/aromatic N) is 2. The number of hydrogen-bond acceptors (Lipinski definition) is 3. The Morgan fingerprint density at radius 1 is 1.45 bits per heavy atom. The SMILES string of the molecule is COc1nccnc1C(C)Cl. The molecular formula is C7H9ClN2O. The van der Waals surface area contributed by atoms with Crippen LogP contribution in [0.1, 0.15) is 18.0 Å². The average molecular weight is 173 g/mol. The molecule has 1 rings (SSSR count). The maximum atomic E-state index is 5.80. The minimum absolute atomic E-state index is 0.168. The van der Waals surface area contributed by atoms with Gasteiger partial charge in [0.15, 0.2) is 0 Å². The Hall–Kier alpha value is -0.830. The summed E-state index contributed by atoms with van der Waals surface area (Å²) in [5.74, 6) is 0.495. The normalized spacial score (nSPS) is 12.6. The lowest BCUT2D eigenvalue weighted by atomic mass is 10.3. The summed E-state index contributed by atoms with van der Waals surface area (Å²) >= 11 is 5.80. The van der Waals surface area contributed by atoms with Gasteiger partial charge in [-0.05, 0) is 6.92 Å². The van der Waals surface area contributed by atoms with Crippen LogP contribution in [0.2, 0.25) is 0 Å². The molecule has 0 amide bonds. The molecule has 0 saturated heterocycles. The zero-order valence-electron chi connectivity index (χ0n) is 6.41. The fourth-order valence-corrected chi connectivity index (χ4v) is 0.916. The molecule has 0 fully saturated rings. The first-order valence-corrected chi connectivity index (χ1v) is 3.68. The maximum absolute atomic E-state index is 5.80. The summed E-state index contributed by atoms with van der Waals surface area (Å²) in [4.78, 5) is 7.98. The van der Waals surface area contributed by atoms with Crippen LogP contribution >= 0.6 is 11.6 Å². The van der Waals surface area contributed by atoms with Crippen molar-refractivity contribution in [1.82, 2.24) is 9.97 Å². The van der Waals surface area contributed by atoms with E-state index in [1.54, 1.807) is 19.5 Å². The monoisotopic (exact) mass is 172 g/mol. The second kappa shape index (κ2) is 3.53. The fourth-order valence-electron chi connectivity index (χ4n) is 0.766. The van der Waals surface area contributed by atoms with Gasteiger partial charge >= 0.3 is 0 Å². The molecular weight excluding hydrogens is 164 g/mol. The number of hydrogen-bond donors (Lipinski definition) is 0. The predicted octanol–water partition coefficient (Wildman–Crippen LogP) is 1.78. The molecule has 0 aliphatic rings. The third-order valence-electron chi connectivity index (χ3n) is 1.26. The molecule has 0 N–H and O–H groups in total. The van der Waals surface area contributed by atoms with Gasteiger partial charge in [0.2, 0.25) is 5.88 Å². The van der Waals surface area contributed by atoms with E-state index in [2.05, 4.69) is 9.97 Å². The molecule has 0 bridgehead atoms. The molecule has 1 heterocycles. The molecule has 1 unspecified atom stereocenters. The van der Waals surface area contributed by atoms with Crippen LogP contribution in [-0.4, -0.2) is 17.1 Å². The molecule has 0 aliphatic heterocycles. The number of methoxy groups -OCH3 is 1. The Labute approximate surface area is 70.4 Å². The topological polar surface area (TPSA) is 35.0 Å². The Balaban J connectivity index is 3.02. The van der Waals surface area contributed by atoms with E-state index < -0.39 is 0 Å². The highest BCUT2D eigenvalue weighted by Crippen LogP contribution is 2.23. The summed E-state index contributed by atoms with van der Waals surface area (Å²) in [7, 11) is 1.55. The Morgan fingerprint density at radius 3 is 2.55 bits per heavy atom. The van der Waals surface area contributed by atoms with Crippen LogP contribution in [-0.2, 0) is 0 Å². The lowest BCUT2D eigenvalue weighted by Gasteiger charge is -2.05. The Bertz CT molecular complexity index is 240. The third kappa shape index (κ3) is 1.80. The quantitative estimate of drug-likeness (QED) is 0.638. The van der Waals surface area contributed by atoms with Gasteiger partial charge in [-0.3, -0.25) is 4.98 Å². The summed E-state index contributed by atoms with van der Waals surface area (Å²) in [6.45, 7) is 1.83. The number of ether oxygens (including phenoxy) is 1. The smallest absolute Gasteiger partial charge is 0.236 e. The van der Waals surface area contributed by atoms with Gasteiger partial charge in [-0.25, -0.2) is 4.98 Å². The van der Waals surface area contributed by atoms with E-state index in [1.807, 2.05) is 6.92 Å². The van der Waals surface area contributed by atoms with Crippen LogP contribution in [0.5, 0.6) is 5.88 Å². The van der Waals surface area contributed by atoms with E-state index in [4.69, 9.17) is 16.3 Å². The number of alkyl halides is 1. The van der Waals surface area contributed by atoms with Crippen molar-refractivity contribution in [2.75, 3.05) is 7.11 Å². The van der Waals surface area contributed by atoms with Crippen LogP contribution in [0, 0.1) is 0 Å². The largest absolute Gasteiger partial charge is 0.480 e. The number of aromatic nitrogens is 2. The molecule has 4 heteroatoms. The summed E-state index contributed by atoms with van der Waals surface area (Å²) in [5, 5.41) is -0.168. The number of rotatable bonds is 2. The van der Waals surface area contributed by atoms with Gasteiger partial charge < -0.3 is 4.74 Å². The second-order valence-electron chi connectivity index (χ2n) is 2.07. The van der Waals surface area contributed by atoms with Crippen molar-refractivity contribution in [2.45, 2.75) is 12.3 Å². The van der Waals surface area contributed by atoms with E-state index in [9.17, 15) is 0 Å². The average Bonchev–Trinajstić information content (AvgIpc) is 2.04. The highest BCUT2D eigenvalue weighted by molar-refractivity contribution is 6.20. The lowest BCUT2D eigenvalue weighted by molar-refractivity contribution is 0.389. The van der Waals surface area contributed by atoms with Gasteiger partial charge in [0.05, 0.1) is 12.5 Å². The first kappa shape index (κ1) is 8.27. The minimum atomic E-state index is -0.168. The first-order valence-electron chi connectivity index (χ1n) is 3.24. The number of halogens is 1. The molecule has 0 spiro atoms. The second-order valence-corrected chi connectivity index (χ2v) is 2.72. The first-order chi connectivity index (χ1) is 5.25. The molecule has 1 atom stereocenters. The molecule has 11 heavy (non-hydrogen) atoms. The summed E-state index contributed by atoms with van der Waals surface area (Å²) in [5.41, 5.74) is 0.677. The molecule has 1 aromatic rings. The van der Waals surface area contributed by atoms with Gasteiger partial charge in [-0.15, -0.1) is 11.6 Å². The molecule has 1 aromatic heterocycles. The Kier molecular flexibility index (Phi) is 2.65. The van der Waals surface area contributed by atoms with Crippen molar-refractivity contribution in [3.05, 3.63) is 18.1 Å². The van der Waals surface area contributed by atoms with Crippen molar-refractivity contribution in [3.8, 4) is 5.88 Å². The van der Waals surface area contributed by atoms with E-state index in [0.29, 0.717) is 11.6 Å². The lowest BCUT2D eigenvalue weighted by Crippen LogP contribution is -1.97. The van der Waals surface area contributed by atoms with Crippen LogP contribution in [0.3, 0.4) is 0 Å². The van der Waals surface area contributed by atoms with Crippen molar-refractivity contribution < 1.29 is 4.74 Å². The van der Waals surface area contributed by atoms with Crippen LogP contribution < -0.4 is 4.74 Å². The van der Waals surface area contributed by atoms with Crippen molar-refractivity contribution >= 4 is 11.6 Å². The maximum Gasteiger partial charge on any atom is 0.236 e. The van der Waals surface area contributed by atoms with Crippen LogP contribution in [0.25, 0.3) is 0 Å². The standard InChI is InChI=1S/C7H9ClN2O/c1-5(8)6-7(11-2)10-4-3-9-6/h3-5H,1-2H3. The van der Waals surface area contributed by atoms with Gasteiger partial charge in [0.1, 0.15) is 5.69 Å². The zero-order valence-corrected chi connectivity index (χ0v) is 7.17. The fraction of sp³-hybridized carbons (Fsp3) is 0.429. The van der Waals surface area contributed by atoms with Crippen molar-refractivity contribution in [3.63, 3.8) is 0 Å². The van der Waals surface area contributed by atoms with E-state index in [-0.39, 0.29) is 5.38 Å². The molecule has 0 aliphatic carbocycles. The van der Waals surface area contributed by atoms with Crippen LogP contribution in [0.15, 0.2) is 12.4 Å². The minimum Gasteiger partial charge on any atom is -0.480 e. The van der Waals surface area contributed by atoms with E-state index >= 15 is 0 Å². The molecule has 0 radical (unpaired) electrons. The molecule has 0 saturated carbocycles. The van der Waals surface area contributed by atoms with E-state index in [1.165, 1.54) is 0 Å². The van der Waals surface area contributed by atoms with Crippen molar-refractivity contribution in [1.29, 1.82) is 0 Å². The Morgan fingerprint density at radius 2 is 2.09 bits per heavy atom. The van der Waals surface area contributed by atoms with Crippen LogP contribution in [0.4, 0.5) is 0 Å². The highest BCUT2D eigenvalue weighted by Gasteiger charge is 2.09. The molecule has 60 valence electrons. The summed E-state index contributed by atoms with van der Waals surface area (Å²) in [6.07, 6.45) is 3.17. The van der Waals surface area contributed by atoms with Gasteiger partial charge in [-0.1, -0.05) is 0 Å². The summed E-state index contributed by atoms with van der Waals surface area (Å²) < 4.78 is 4.95. The predicted molar refractivity (Wildman–Crippen MR) is 42.9 cm³/mol. The van der Waals surface area contributed by atoms with E-state index in [0.717, 1.165) is 0 Å². The van der Waals surface area contributed by atoms with Gasteiger partial charge in [-0.2, -0.15) is 0 Å². The summed E-state index contributed by atoms with van der Waals surface area (Å²) in [6, 6.07) is 0. The van der Waals surface area contributed by atoms with Gasteiger partial charge in [0, 0.05) is 12.4 Å². The van der Waals surface area contributed by atoms with Crippen molar-refractivity contribution in [2.24, 2.45) is 0 Å². The van der Waals surface area contributed by atoms with Gasteiger partial charge in [0.25, 0.3) is 0 Å².